The van der Waals surface area contributed by atoms with Gasteiger partial charge in [-0.15, -0.1) is 0 Å². The van der Waals surface area contributed by atoms with Gasteiger partial charge in [0.05, 0.1) is 17.0 Å². The van der Waals surface area contributed by atoms with E-state index in [9.17, 15) is 32.0 Å². The van der Waals surface area contributed by atoms with E-state index in [1.54, 1.807) is 6.07 Å². The molecule has 1 fully saturated rings. The second-order valence-corrected chi connectivity index (χ2v) is 6.93. The Morgan fingerprint density at radius 1 is 1.23 bits per heavy atom. The van der Waals surface area contributed by atoms with E-state index in [2.05, 4.69) is 15.0 Å². The van der Waals surface area contributed by atoms with Crippen LogP contribution in [0, 0.1) is 28.6 Å². The van der Waals surface area contributed by atoms with Crippen LogP contribution in [0.3, 0.4) is 0 Å². The van der Waals surface area contributed by atoms with E-state index in [4.69, 9.17) is 5.26 Å². The second kappa shape index (κ2) is 7.75. The lowest BCUT2D eigenvalue weighted by molar-refractivity contribution is -0.142. The van der Waals surface area contributed by atoms with Crippen molar-refractivity contribution in [2.24, 2.45) is 5.92 Å². The number of halogens is 5. The number of benzene rings is 1. The zero-order chi connectivity index (χ0) is 22.1. The zero-order valence-electron chi connectivity index (χ0n) is 15.1. The number of hydrogen-bond donors (Lipinski definition) is 1. The van der Waals surface area contributed by atoms with Crippen LogP contribution >= 0.6 is 0 Å². The summed E-state index contributed by atoms with van der Waals surface area (Å²) in [5, 5.41) is 23.2. The number of nitrogens with zero attached hydrogens (tertiary/aromatic N) is 3. The Morgan fingerprint density at radius 2 is 1.93 bits per heavy atom. The summed E-state index contributed by atoms with van der Waals surface area (Å²) < 4.78 is 70.1. The average molecular weight is 424 g/mol. The van der Waals surface area contributed by atoms with Crippen molar-refractivity contribution >= 4 is 11.8 Å². The molecule has 30 heavy (non-hydrogen) atoms. The summed E-state index contributed by atoms with van der Waals surface area (Å²) in [6, 6.07) is 8.00. The Bertz CT molecular complexity index is 1050. The van der Waals surface area contributed by atoms with Crippen LogP contribution in [0.2, 0.25) is 0 Å². The molecule has 1 aliphatic carbocycles. The Kier molecular flexibility index (Phi) is 5.49. The smallest absolute Gasteiger partial charge is 0.338 e. The first-order valence-electron chi connectivity index (χ1n) is 8.71. The van der Waals surface area contributed by atoms with E-state index >= 15 is 0 Å². The third kappa shape index (κ3) is 4.40. The fourth-order valence-electron chi connectivity index (χ4n) is 3.52. The fourth-order valence-corrected chi connectivity index (χ4v) is 3.52. The standard InChI is InChI=1S/C19H13F5N4O2/c20-18(21)4-3-11(7-18)16(10-1-2-12(8-25)13(5-10)9-26)17(29)27-15-6-14(28-30-15)19(22,23)24/h1-2,5-6,11,16H,3-4,7H2,(H,27,29)/t11-,16-/m0/s1. The number of alkyl halides is 5. The van der Waals surface area contributed by atoms with Crippen molar-refractivity contribution in [1.82, 2.24) is 5.16 Å². The number of carbonyl (C=O) groups is 1. The van der Waals surface area contributed by atoms with E-state index in [1.165, 1.54) is 18.2 Å². The zero-order valence-corrected chi connectivity index (χ0v) is 15.1. The Hall–Kier alpha value is -3.47. The maximum absolute atomic E-state index is 13.8. The highest BCUT2D eigenvalue weighted by Gasteiger charge is 2.45. The van der Waals surface area contributed by atoms with Crippen LogP contribution in [0.1, 0.15) is 47.6 Å². The van der Waals surface area contributed by atoms with Crippen LogP contribution < -0.4 is 5.32 Å². The highest BCUT2D eigenvalue weighted by atomic mass is 19.4. The van der Waals surface area contributed by atoms with E-state index in [0.29, 0.717) is 6.07 Å². The maximum Gasteiger partial charge on any atom is 0.436 e. The Morgan fingerprint density at radius 3 is 2.47 bits per heavy atom. The van der Waals surface area contributed by atoms with Crippen LogP contribution in [0.15, 0.2) is 28.8 Å². The number of rotatable bonds is 4. The van der Waals surface area contributed by atoms with Crippen LogP contribution in [0.5, 0.6) is 0 Å². The first-order valence-corrected chi connectivity index (χ1v) is 8.71. The third-order valence-corrected chi connectivity index (χ3v) is 4.89. The molecule has 0 unspecified atom stereocenters. The minimum atomic E-state index is -4.78. The van der Waals surface area contributed by atoms with E-state index < -0.39 is 54.3 Å². The van der Waals surface area contributed by atoms with Crippen molar-refractivity contribution in [3.05, 3.63) is 46.6 Å². The summed E-state index contributed by atoms with van der Waals surface area (Å²) in [5.41, 5.74) is -1.16. The lowest BCUT2D eigenvalue weighted by Gasteiger charge is -2.23. The van der Waals surface area contributed by atoms with Gasteiger partial charge in [-0.05, 0) is 30.0 Å². The first kappa shape index (κ1) is 21.2. The molecule has 3 rings (SSSR count). The molecule has 2 aromatic rings. The van der Waals surface area contributed by atoms with Crippen molar-refractivity contribution < 1.29 is 31.3 Å². The molecule has 0 aliphatic heterocycles. The van der Waals surface area contributed by atoms with Gasteiger partial charge in [-0.3, -0.25) is 10.1 Å². The van der Waals surface area contributed by atoms with Gasteiger partial charge in [0.15, 0.2) is 5.69 Å². The molecule has 1 aromatic carbocycles. The molecule has 1 N–H and O–H groups in total. The molecule has 0 saturated heterocycles. The van der Waals surface area contributed by atoms with Crippen molar-refractivity contribution in [2.75, 3.05) is 5.32 Å². The molecule has 2 atom stereocenters. The predicted molar refractivity (Wildman–Crippen MR) is 91.0 cm³/mol. The number of aromatic nitrogens is 1. The normalized spacial score (nSPS) is 19.0. The Balaban J connectivity index is 1.94. The van der Waals surface area contributed by atoms with Gasteiger partial charge in [-0.1, -0.05) is 11.2 Å². The van der Waals surface area contributed by atoms with Crippen LogP contribution in [-0.2, 0) is 11.0 Å². The summed E-state index contributed by atoms with van der Waals surface area (Å²) in [6.45, 7) is 0. The van der Waals surface area contributed by atoms with Gasteiger partial charge in [-0.25, -0.2) is 8.78 Å². The number of hydrogen-bond acceptors (Lipinski definition) is 5. The first-order chi connectivity index (χ1) is 14.0. The molecule has 156 valence electrons. The minimum absolute atomic E-state index is 0.00280. The number of nitrogens with one attached hydrogen (secondary N) is 1. The molecule has 0 spiro atoms. The summed E-state index contributed by atoms with van der Waals surface area (Å²) in [5.74, 6) is -6.47. The van der Waals surface area contributed by atoms with E-state index in [1.807, 2.05) is 6.07 Å². The van der Waals surface area contributed by atoms with Gasteiger partial charge in [0.2, 0.25) is 17.7 Å². The molecule has 11 heteroatoms. The second-order valence-electron chi connectivity index (χ2n) is 6.93. The summed E-state index contributed by atoms with van der Waals surface area (Å²) in [7, 11) is 0. The SMILES string of the molecule is N#Cc1ccc([C@H](C(=O)Nc2cc(C(F)(F)F)no2)[C@H]2CCC(F)(F)C2)cc1C#N. The molecule has 6 nitrogen and oxygen atoms in total. The molecular formula is C19H13F5N4O2. The largest absolute Gasteiger partial charge is 0.436 e. The van der Waals surface area contributed by atoms with Gasteiger partial charge in [0, 0.05) is 18.9 Å². The number of amides is 1. The monoisotopic (exact) mass is 424 g/mol. The average Bonchev–Trinajstić information content (AvgIpc) is 3.28. The third-order valence-electron chi connectivity index (χ3n) is 4.89. The molecule has 1 amide bonds. The summed E-state index contributed by atoms with van der Waals surface area (Å²) in [4.78, 5) is 12.9. The lowest BCUT2D eigenvalue weighted by atomic mass is 9.83. The number of nitriles is 2. The predicted octanol–water partition coefficient (Wildman–Crippen LogP) is 4.59. The maximum atomic E-state index is 13.8. The van der Waals surface area contributed by atoms with Gasteiger partial charge >= 0.3 is 6.18 Å². The molecule has 0 bridgehead atoms. The van der Waals surface area contributed by atoms with Crippen molar-refractivity contribution in [1.29, 1.82) is 10.5 Å². The minimum Gasteiger partial charge on any atom is -0.338 e. The Labute approximate surface area is 166 Å². The number of anilines is 1. The highest BCUT2D eigenvalue weighted by Crippen LogP contribution is 2.46. The van der Waals surface area contributed by atoms with Crippen LogP contribution in [0.4, 0.5) is 27.8 Å². The molecule has 1 aliphatic rings. The van der Waals surface area contributed by atoms with Crippen molar-refractivity contribution in [2.45, 2.75) is 37.3 Å². The molecular weight excluding hydrogens is 411 g/mol. The van der Waals surface area contributed by atoms with E-state index in [0.717, 1.165) is 0 Å². The number of carbonyl (C=O) groups excluding carboxylic acids is 1. The van der Waals surface area contributed by atoms with Gasteiger partial charge in [0.25, 0.3) is 0 Å². The van der Waals surface area contributed by atoms with E-state index in [-0.39, 0.29) is 23.1 Å². The van der Waals surface area contributed by atoms with Crippen LogP contribution in [-0.4, -0.2) is 17.0 Å². The lowest BCUT2D eigenvalue weighted by Crippen LogP contribution is -2.27. The van der Waals surface area contributed by atoms with Crippen molar-refractivity contribution in [3.8, 4) is 12.1 Å². The van der Waals surface area contributed by atoms with Gasteiger partial charge < -0.3 is 4.52 Å². The molecule has 0 radical (unpaired) electrons. The topological polar surface area (TPSA) is 103 Å². The molecule has 1 heterocycles. The van der Waals surface area contributed by atoms with Gasteiger partial charge in [0.1, 0.15) is 12.1 Å². The fraction of sp³-hybridized carbons (Fsp3) is 0.368. The van der Waals surface area contributed by atoms with Gasteiger partial charge in [-0.2, -0.15) is 23.7 Å². The highest BCUT2D eigenvalue weighted by molar-refractivity contribution is 5.95. The summed E-state index contributed by atoms with van der Waals surface area (Å²) >= 11 is 0. The summed E-state index contributed by atoms with van der Waals surface area (Å²) in [6.07, 6.45) is -5.83. The molecule has 1 saturated carbocycles. The molecule has 1 aromatic heterocycles. The quantitative estimate of drug-likeness (QED) is 0.723. The van der Waals surface area contributed by atoms with Crippen LogP contribution in [0.25, 0.3) is 0 Å². The van der Waals surface area contributed by atoms with Crippen molar-refractivity contribution in [3.63, 3.8) is 0 Å².